The molecule has 106 valence electrons. The van der Waals surface area contributed by atoms with Crippen LogP contribution in [0.4, 0.5) is 4.39 Å². The molecular weight excluding hydrogens is 247 g/mol. The third-order valence-electron chi connectivity index (χ3n) is 3.11. The lowest BCUT2D eigenvalue weighted by molar-refractivity contribution is 0.0833. The maximum absolute atomic E-state index is 12.9. The van der Waals surface area contributed by atoms with Crippen molar-refractivity contribution in [1.82, 2.24) is 10.3 Å². The van der Waals surface area contributed by atoms with Crippen molar-refractivity contribution < 1.29 is 14.3 Å². The van der Waals surface area contributed by atoms with Gasteiger partial charge in [-0.3, -0.25) is 4.79 Å². The third-order valence-corrected chi connectivity index (χ3v) is 3.11. The van der Waals surface area contributed by atoms with E-state index in [-0.39, 0.29) is 18.2 Å². The summed E-state index contributed by atoms with van der Waals surface area (Å²) in [5, 5.41) is 12.2. The van der Waals surface area contributed by atoms with Gasteiger partial charge in [0.05, 0.1) is 18.3 Å². The van der Waals surface area contributed by atoms with E-state index >= 15 is 0 Å². The molecule has 0 aliphatic carbocycles. The number of halogens is 1. The minimum atomic E-state index is -0.671. The molecule has 0 radical (unpaired) electrons. The van der Waals surface area contributed by atoms with Gasteiger partial charge in [-0.25, -0.2) is 9.37 Å². The van der Waals surface area contributed by atoms with Gasteiger partial charge < -0.3 is 10.4 Å². The van der Waals surface area contributed by atoms with Crippen molar-refractivity contribution in [2.45, 2.75) is 45.6 Å². The molecule has 0 aliphatic heterocycles. The van der Waals surface area contributed by atoms with Gasteiger partial charge in [-0.1, -0.05) is 19.8 Å². The number of nitrogens with one attached hydrogen (secondary N) is 1. The Hall–Kier alpha value is -1.49. The number of carbonyl (C=O) groups excluding carboxylic acids is 1. The largest absolute Gasteiger partial charge is 0.394 e. The second kappa shape index (κ2) is 6.61. The average molecular weight is 268 g/mol. The topological polar surface area (TPSA) is 62.2 Å². The van der Waals surface area contributed by atoms with E-state index in [4.69, 9.17) is 0 Å². The summed E-state index contributed by atoms with van der Waals surface area (Å²) in [6, 6.07) is 1.27. The number of carbonyl (C=O) groups is 1. The highest BCUT2D eigenvalue weighted by atomic mass is 19.1. The zero-order valence-corrected chi connectivity index (χ0v) is 11.7. The fourth-order valence-electron chi connectivity index (χ4n) is 1.86. The molecule has 1 atom stereocenters. The molecule has 1 aromatic heterocycles. The van der Waals surface area contributed by atoms with Crippen LogP contribution >= 0.6 is 0 Å². The van der Waals surface area contributed by atoms with Crippen LogP contribution in [0.1, 0.15) is 49.2 Å². The van der Waals surface area contributed by atoms with Crippen LogP contribution in [0.25, 0.3) is 0 Å². The van der Waals surface area contributed by atoms with E-state index in [9.17, 15) is 14.3 Å². The molecule has 0 aromatic carbocycles. The molecule has 0 bridgehead atoms. The van der Waals surface area contributed by atoms with Crippen molar-refractivity contribution in [3.63, 3.8) is 0 Å². The Morgan fingerprint density at radius 1 is 1.58 bits per heavy atom. The normalized spacial score (nSPS) is 13.9. The predicted molar refractivity (Wildman–Crippen MR) is 71.4 cm³/mol. The predicted octanol–water partition coefficient (Wildman–Crippen LogP) is 2.20. The SMILES string of the molecule is CCCC[C@](C)(CO)NC(=O)c1ncc(F)cc1C. The lowest BCUT2D eigenvalue weighted by Crippen LogP contribution is -2.49. The number of pyridine rings is 1. The van der Waals surface area contributed by atoms with Gasteiger partial charge in [0.2, 0.25) is 0 Å². The van der Waals surface area contributed by atoms with Crippen molar-refractivity contribution >= 4 is 5.91 Å². The molecule has 0 spiro atoms. The number of hydrogen-bond acceptors (Lipinski definition) is 3. The van der Waals surface area contributed by atoms with Gasteiger partial charge in [-0.05, 0) is 31.9 Å². The average Bonchev–Trinajstić information content (AvgIpc) is 2.36. The summed E-state index contributed by atoms with van der Waals surface area (Å²) in [4.78, 5) is 15.9. The van der Waals surface area contributed by atoms with Crippen LogP contribution in [0.5, 0.6) is 0 Å². The number of aliphatic hydroxyl groups is 1. The number of rotatable bonds is 6. The van der Waals surface area contributed by atoms with Gasteiger partial charge in [0, 0.05) is 0 Å². The number of hydrogen-bond donors (Lipinski definition) is 2. The Morgan fingerprint density at radius 3 is 2.79 bits per heavy atom. The molecule has 1 heterocycles. The zero-order chi connectivity index (χ0) is 14.5. The molecule has 0 saturated carbocycles. The fraction of sp³-hybridized carbons (Fsp3) is 0.571. The van der Waals surface area contributed by atoms with Crippen molar-refractivity contribution in [3.05, 3.63) is 29.3 Å². The molecule has 4 nitrogen and oxygen atoms in total. The first-order valence-corrected chi connectivity index (χ1v) is 6.47. The number of nitrogens with zero attached hydrogens (tertiary/aromatic N) is 1. The Kier molecular flexibility index (Phi) is 5.42. The molecule has 1 rings (SSSR count). The highest BCUT2D eigenvalue weighted by Crippen LogP contribution is 2.15. The second-order valence-corrected chi connectivity index (χ2v) is 5.10. The van der Waals surface area contributed by atoms with Crippen molar-refractivity contribution in [1.29, 1.82) is 0 Å². The second-order valence-electron chi connectivity index (χ2n) is 5.10. The number of aryl methyl sites for hydroxylation is 1. The zero-order valence-electron chi connectivity index (χ0n) is 11.7. The van der Waals surface area contributed by atoms with Crippen molar-refractivity contribution in [3.8, 4) is 0 Å². The monoisotopic (exact) mass is 268 g/mol. The molecule has 0 saturated heterocycles. The Labute approximate surface area is 113 Å². The third kappa shape index (κ3) is 4.28. The summed E-state index contributed by atoms with van der Waals surface area (Å²) in [7, 11) is 0. The first-order chi connectivity index (χ1) is 8.91. The number of aromatic nitrogens is 1. The molecule has 1 aromatic rings. The molecular formula is C14H21FN2O2. The lowest BCUT2D eigenvalue weighted by Gasteiger charge is -2.28. The highest BCUT2D eigenvalue weighted by molar-refractivity contribution is 5.94. The van der Waals surface area contributed by atoms with Gasteiger partial charge in [-0.15, -0.1) is 0 Å². The lowest BCUT2D eigenvalue weighted by atomic mass is 9.95. The van der Waals surface area contributed by atoms with Crippen molar-refractivity contribution in [2.24, 2.45) is 0 Å². The standard InChI is InChI=1S/C14H21FN2O2/c1-4-5-6-14(3,9-18)17-13(19)12-10(2)7-11(15)8-16-12/h7-8,18H,4-6,9H2,1-3H3,(H,17,19)/t14-/m1/s1. The summed E-state index contributed by atoms with van der Waals surface area (Å²) in [6.07, 6.45) is 3.60. The molecule has 2 N–H and O–H groups in total. The molecule has 0 fully saturated rings. The smallest absolute Gasteiger partial charge is 0.270 e. The molecule has 19 heavy (non-hydrogen) atoms. The number of amides is 1. The van der Waals surface area contributed by atoms with Crippen LogP contribution in [-0.4, -0.2) is 28.1 Å². The van der Waals surface area contributed by atoms with E-state index in [1.54, 1.807) is 13.8 Å². The minimum absolute atomic E-state index is 0.140. The number of unbranched alkanes of at least 4 members (excludes halogenated alkanes) is 1. The molecule has 5 heteroatoms. The molecule has 1 amide bonds. The van der Waals surface area contributed by atoms with E-state index < -0.39 is 11.4 Å². The first-order valence-electron chi connectivity index (χ1n) is 6.47. The van der Waals surface area contributed by atoms with E-state index in [2.05, 4.69) is 10.3 Å². The maximum Gasteiger partial charge on any atom is 0.270 e. The Balaban J connectivity index is 2.82. The molecule has 0 aliphatic rings. The number of aliphatic hydroxyl groups excluding tert-OH is 1. The highest BCUT2D eigenvalue weighted by Gasteiger charge is 2.26. The summed E-state index contributed by atoms with van der Waals surface area (Å²) >= 11 is 0. The van der Waals surface area contributed by atoms with E-state index in [1.807, 2.05) is 6.92 Å². The fourth-order valence-corrected chi connectivity index (χ4v) is 1.86. The summed E-state index contributed by atoms with van der Waals surface area (Å²) in [6.45, 7) is 5.33. The van der Waals surface area contributed by atoms with E-state index in [0.29, 0.717) is 12.0 Å². The minimum Gasteiger partial charge on any atom is -0.394 e. The van der Waals surface area contributed by atoms with Gasteiger partial charge >= 0.3 is 0 Å². The summed E-state index contributed by atoms with van der Waals surface area (Å²) < 4.78 is 12.9. The Bertz CT molecular complexity index is 451. The van der Waals surface area contributed by atoms with Crippen LogP contribution in [0.2, 0.25) is 0 Å². The van der Waals surface area contributed by atoms with Gasteiger partial charge in [0.25, 0.3) is 5.91 Å². The maximum atomic E-state index is 12.9. The molecule has 0 unspecified atom stereocenters. The van der Waals surface area contributed by atoms with E-state index in [0.717, 1.165) is 19.0 Å². The summed E-state index contributed by atoms with van der Waals surface area (Å²) in [5.41, 5.74) is 0.00106. The van der Waals surface area contributed by atoms with Crippen LogP contribution in [0.3, 0.4) is 0 Å². The van der Waals surface area contributed by atoms with Crippen LogP contribution < -0.4 is 5.32 Å². The van der Waals surface area contributed by atoms with Crippen LogP contribution in [0, 0.1) is 12.7 Å². The van der Waals surface area contributed by atoms with Crippen LogP contribution in [0.15, 0.2) is 12.3 Å². The van der Waals surface area contributed by atoms with Crippen LogP contribution in [-0.2, 0) is 0 Å². The quantitative estimate of drug-likeness (QED) is 0.831. The van der Waals surface area contributed by atoms with Gasteiger partial charge in [0.1, 0.15) is 11.5 Å². The Morgan fingerprint density at radius 2 is 2.26 bits per heavy atom. The van der Waals surface area contributed by atoms with Gasteiger partial charge in [-0.2, -0.15) is 0 Å². The van der Waals surface area contributed by atoms with Crippen molar-refractivity contribution in [2.75, 3.05) is 6.61 Å². The summed E-state index contributed by atoms with van der Waals surface area (Å²) in [5.74, 6) is -0.852. The van der Waals surface area contributed by atoms with E-state index in [1.165, 1.54) is 6.07 Å². The van der Waals surface area contributed by atoms with Gasteiger partial charge in [0.15, 0.2) is 0 Å². The first kappa shape index (κ1) is 15.6.